The van der Waals surface area contributed by atoms with Gasteiger partial charge in [0, 0.05) is 11.3 Å². The fraction of sp³-hybridized carbons (Fsp3) is 0.333. The van der Waals surface area contributed by atoms with Crippen LogP contribution in [-0.4, -0.2) is 43.6 Å². The van der Waals surface area contributed by atoms with Crippen molar-refractivity contribution in [3.05, 3.63) is 59.2 Å². The predicted octanol–water partition coefficient (Wildman–Crippen LogP) is 3.10. The molecule has 0 saturated carbocycles. The van der Waals surface area contributed by atoms with Gasteiger partial charge < -0.3 is 20.1 Å². The second-order valence-electron chi connectivity index (χ2n) is 7.39. The van der Waals surface area contributed by atoms with E-state index in [1.54, 1.807) is 30.3 Å². The molecule has 0 radical (unpaired) electrons. The van der Waals surface area contributed by atoms with Gasteiger partial charge in [-0.2, -0.15) is 0 Å². The average molecular weight is 456 g/mol. The number of nitrogens with one attached hydrogen (secondary N) is 3. The normalized spacial score (nSPS) is 10.2. The monoisotopic (exact) mass is 455 g/mol. The fourth-order valence-electron chi connectivity index (χ4n) is 2.76. The van der Waals surface area contributed by atoms with E-state index in [0.29, 0.717) is 23.6 Å². The van der Waals surface area contributed by atoms with Crippen LogP contribution in [-0.2, 0) is 14.3 Å². The van der Waals surface area contributed by atoms with Crippen molar-refractivity contribution >= 4 is 29.5 Å². The van der Waals surface area contributed by atoms with Crippen LogP contribution in [0.3, 0.4) is 0 Å². The number of carbonyl (C=O) groups excluding carboxylic acids is 4. The number of urea groups is 1. The van der Waals surface area contributed by atoms with Crippen LogP contribution in [0.5, 0.6) is 5.75 Å². The zero-order valence-corrected chi connectivity index (χ0v) is 19.0. The molecule has 0 aliphatic carbocycles. The SMILES string of the molecule is CCCCOc1ccc(C(=O)NCC(=O)OCC(=O)NC(=O)Nc2ccc(C)cc2C)cc1. The standard InChI is InChI=1S/C24H29N3O6/c1-4-5-12-32-19-9-7-18(8-10-19)23(30)25-14-22(29)33-15-21(28)27-24(31)26-20-11-6-16(2)13-17(20)3/h6-11,13H,4-5,12,14-15H2,1-3H3,(H,25,30)(H2,26,27,28,31). The highest BCUT2D eigenvalue weighted by atomic mass is 16.5. The molecule has 9 nitrogen and oxygen atoms in total. The van der Waals surface area contributed by atoms with E-state index in [1.807, 2.05) is 26.0 Å². The summed E-state index contributed by atoms with van der Waals surface area (Å²) in [4.78, 5) is 47.7. The fourth-order valence-corrected chi connectivity index (χ4v) is 2.76. The number of rotatable bonds is 10. The summed E-state index contributed by atoms with van der Waals surface area (Å²) in [5, 5.41) is 7.04. The summed E-state index contributed by atoms with van der Waals surface area (Å²) < 4.78 is 10.3. The second-order valence-corrected chi connectivity index (χ2v) is 7.39. The number of ether oxygens (including phenoxy) is 2. The second kappa shape index (κ2) is 12.8. The van der Waals surface area contributed by atoms with E-state index >= 15 is 0 Å². The van der Waals surface area contributed by atoms with Crippen molar-refractivity contribution < 1.29 is 28.7 Å². The number of hydrogen-bond acceptors (Lipinski definition) is 6. The molecule has 9 heteroatoms. The van der Waals surface area contributed by atoms with E-state index < -0.39 is 37.0 Å². The highest BCUT2D eigenvalue weighted by Crippen LogP contribution is 2.15. The number of hydrogen-bond donors (Lipinski definition) is 3. The Morgan fingerprint density at radius 3 is 2.36 bits per heavy atom. The molecule has 176 valence electrons. The van der Waals surface area contributed by atoms with Gasteiger partial charge in [-0.3, -0.25) is 19.7 Å². The molecule has 0 spiro atoms. The van der Waals surface area contributed by atoms with E-state index in [4.69, 9.17) is 9.47 Å². The van der Waals surface area contributed by atoms with E-state index in [1.165, 1.54) is 0 Å². The largest absolute Gasteiger partial charge is 0.494 e. The van der Waals surface area contributed by atoms with Crippen molar-refractivity contribution in [1.29, 1.82) is 0 Å². The van der Waals surface area contributed by atoms with Crippen molar-refractivity contribution in [2.24, 2.45) is 0 Å². The number of imide groups is 1. The molecular weight excluding hydrogens is 426 g/mol. The average Bonchev–Trinajstić information content (AvgIpc) is 2.78. The molecule has 0 unspecified atom stereocenters. The molecule has 0 fully saturated rings. The summed E-state index contributed by atoms with van der Waals surface area (Å²) in [7, 11) is 0. The highest BCUT2D eigenvalue weighted by Gasteiger charge is 2.13. The van der Waals surface area contributed by atoms with Crippen molar-refractivity contribution in [2.75, 3.05) is 25.1 Å². The van der Waals surface area contributed by atoms with Gasteiger partial charge in [0.05, 0.1) is 6.61 Å². The van der Waals surface area contributed by atoms with Crippen molar-refractivity contribution in [3.63, 3.8) is 0 Å². The van der Waals surface area contributed by atoms with Gasteiger partial charge >= 0.3 is 12.0 Å². The minimum atomic E-state index is -0.812. The molecule has 0 heterocycles. The summed E-state index contributed by atoms with van der Waals surface area (Å²) in [6.07, 6.45) is 1.97. The maximum absolute atomic E-state index is 12.1. The molecule has 2 rings (SSSR count). The van der Waals surface area contributed by atoms with Crippen LogP contribution in [0.2, 0.25) is 0 Å². The van der Waals surface area contributed by atoms with E-state index in [9.17, 15) is 19.2 Å². The quantitative estimate of drug-likeness (QED) is 0.374. The number of anilines is 1. The number of aryl methyl sites for hydroxylation is 2. The van der Waals surface area contributed by atoms with E-state index in [2.05, 4.69) is 22.9 Å². The Morgan fingerprint density at radius 2 is 1.70 bits per heavy atom. The van der Waals surface area contributed by atoms with Crippen molar-refractivity contribution in [2.45, 2.75) is 33.6 Å². The van der Waals surface area contributed by atoms with Crippen molar-refractivity contribution in [3.8, 4) is 5.75 Å². The van der Waals surface area contributed by atoms with Crippen LogP contribution in [0.25, 0.3) is 0 Å². The van der Waals surface area contributed by atoms with Gasteiger partial charge in [-0.1, -0.05) is 31.0 Å². The van der Waals surface area contributed by atoms with Crippen LogP contribution in [0.4, 0.5) is 10.5 Å². The molecule has 0 bridgehead atoms. The first-order valence-electron chi connectivity index (χ1n) is 10.6. The van der Waals surface area contributed by atoms with E-state index in [0.717, 1.165) is 24.0 Å². The lowest BCUT2D eigenvalue weighted by atomic mass is 10.1. The molecule has 2 aromatic carbocycles. The van der Waals surface area contributed by atoms with Crippen LogP contribution in [0, 0.1) is 13.8 Å². The summed E-state index contributed by atoms with van der Waals surface area (Å²) in [5.74, 6) is -1.42. The lowest BCUT2D eigenvalue weighted by Gasteiger charge is -2.10. The number of carbonyl (C=O) groups is 4. The maximum Gasteiger partial charge on any atom is 0.325 e. The zero-order valence-electron chi connectivity index (χ0n) is 19.0. The van der Waals surface area contributed by atoms with Gasteiger partial charge in [-0.15, -0.1) is 0 Å². The lowest BCUT2D eigenvalue weighted by molar-refractivity contribution is -0.147. The molecular formula is C24H29N3O6. The van der Waals surface area contributed by atoms with Crippen molar-refractivity contribution in [1.82, 2.24) is 10.6 Å². The molecule has 0 atom stereocenters. The van der Waals surface area contributed by atoms with Crippen LogP contribution < -0.4 is 20.7 Å². The zero-order chi connectivity index (χ0) is 24.2. The minimum absolute atomic E-state index is 0.353. The van der Waals surface area contributed by atoms with Crippen LogP contribution >= 0.6 is 0 Å². The first-order chi connectivity index (χ1) is 15.8. The summed E-state index contributed by atoms with van der Waals surface area (Å²) in [5.41, 5.74) is 2.80. The molecule has 3 N–H and O–H groups in total. The van der Waals surface area contributed by atoms with Gasteiger partial charge in [0.15, 0.2) is 6.61 Å². The van der Waals surface area contributed by atoms with Gasteiger partial charge in [0.25, 0.3) is 11.8 Å². The number of amides is 4. The number of benzene rings is 2. The van der Waals surface area contributed by atoms with Crippen LogP contribution in [0.1, 0.15) is 41.3 Å². The number of esters is 1. The Balaban J connectivity index is 1.69. The predicted molar refractivity (Wildman–Crippen MR) is 123 cm³/mol. The molecule has 0 aliphatic rings. The Hall–Kier alpha value is -3.88. The molecule has 2 aromatic rings. The van der Waals surface area contributed by atoms with Crippen LogP contribution in [0.15, 0.2) is 42.5 Å². The Kier molecular flexibility index (Phi) is 9.88. The third kappa shape index (κ3) is 9.02. The topological polar surface area (TPSA) is 123 Å². The van der Waals surface area contributed by atoms with Gasteiger partial charge in [0.2, 0.25) is 0 Å². The Bertz CT molecular complexity index is 988. The summed E-state index contributed by atoms with van der Waals surface area (Å²) in [6.45, 7) is 5.36. The first-order valence-corrected chi connectivity index (χ1v) is 10.6. The number of unbranched alkanes of at least 4 members (excludes halogenated alkanes) is 1. The van der Waals surface area contributed by atoms with Gasteiger partial charge in [-0.05, 0) is 56.2 Å². The smallest absolute Gasteiger partial charge is 0.325 e. The molecule has 0 aromatic heterocycles. The highest BCUT2D eigenvalue weighted by molar-refractivity contribution is 6.02. The third-order valence-electron chi connectivity index (χ3n) is 4.52. The lowest BCUT2D eigenvalue weighted by Crippen LogP contribution is -2.38. The minimum Gasteiger partial charge on any atom is -0.494 e. The molecule has 0 saturated heterocycles. The third-order valence-corrected chi connectivity index (χ3v) is 4.52. The Labute approximate surface area is 192 Å². The van der Waals surface area contributed by atoms with Gasteiger partial charge in [0.1, 0.15) is 12.3 Å². The van der Waals surface area contributed by atoms with Gasteiger partial charge in [-0.25, -0.2) is 4.79 Å². The van der Waals surface area contributed by atoms with E-state index in [-0.39, 0.29) is 0 Å². The maximum atomic E-state index is 12.1. The first kappa shape index (κ1) is 25.4. The summed E-state index contributed by atoms with van der Waals surface area (Å²) >= 11 is 0. The molecule has 4 amide bonds. The molecule has 0 aliphatic heterocycles. The summed E-state index contributed by atoms with van der Waals surface area (Å²) in [6, 6.07) is 11.2. The molecule has 33 heavy (non-hydrogen) atoms. The Morgan fingerprint density at radius 1 is 0.970 bits per heavy atom.